The molecule has 0 aliphatic heterocycles. The molecule has 0 fully saturated rings. The standard InChI is InChI=1S/C19H23N4O2S.H2O4S/c1-4-23(11-12-24)15-7-5-14(6-8-15)20-21-19-22(2)17-10-9-16(25-3)13-18(17)26-19;1-5(2,3)4/h5-10,13,24H,4,11-12H2,1-3H3;(H2,1,2,3,4)/q+1;/p-2. The molecule has 3 rings (SSSR count). The molecule has 0 bridgehead atoms. The summed E-state index contributed by atoms with van der Waals surface area (Å²) in [5, 5.41) is 18.7. The number of azo groups is 1. The lowest BCUT2D eigenvalue weighted by molar-refractivity contribution is -0.627. The molecule has 0 unspecified atom stereocenters. The third-order valence-corrected chi connectivity index (χ3v) is 5.32. The summed E-state index contributed by atoms with van der Waals surface area (Å²) in [6, 6.07) is 13.9. The molecule has 1 heterocycles. The van der Waals surface area contributed by atoms with Crippen LogP contribution in [0.15, 0.2) is 52.7 Å². The SMILES string of the molecule is CCN(CCO)c1ccc(N=Nc2sc3cc(OC)ccc3[n+]2C)cc1.O=S(=O)([O-])[O-]. The zero-order chi connectivity index (χ0) is 23.0. The number of aliphatic hydroxyl groups excluding tert-OH is 1. The summed E-state index contributed by atoms with van der Waals surface area (Å²) < 4.78 is 42.5. The van der Waals surface area contributed by atoms with E-state index in [0.717, 1.165) is 39.0 Å². The average molecular weight is 468 g/mol. The van der Waals surface area contributed by atoms with Crippen LogP contribution in [0.4, 0.5) is 16.5 Å². The first-order valence-electron chi connectivity index (χ1n) is 9.17. The molecule has 12 heteroatoms. The molecule has 168 valence electrons. The molecule has 31 heavy (non-hydrogen) atoms. The maximum absolute atomic E-state index is 9.13. The highest BCUT2D eigenvalue weighted by atomic mass is 32.3. The number of aryl methyl sites for hydroxylation is 1. The number of benzene rings is 2. The van der Waals surface area contributed by atoms with Crippen molar-refractivity contribution in [1.29, 1.82) is 0 Å². The van der Waals surface area contributed by atoms with Crippen LogP contribution in [0.1, 0.15) is 6.92 Å². The van der Waals surface area contributed by atoms with Crippen molar-refractivity contribution in [3.05, 3.63) is 42.5 Å². The summed E-state index contributed by atoms with van der Waals surface area (Å²) >= 11 is 1.58. The smallest absolute Gasteiger partial charge is 0.409 e. The van der Waals surface area contributed by atoms with Crippen LogP contribution in [0.2, 0.25) is 0 Å². The minimum absolute atomic E-state index is 0.141. The van der Waals surface area contributed by atoms with Crippen LogP contribution >= 0.6 is 11.3 Å². The molecule has 0 atom stereocenters. The minimum Gasteiger partial charge on any atom is -0.759 e. The van der Waals surface area contributed by atoms with Crippen molar-refractivity contribution in [3.8, 4) is 5.75 Å². The molecular weight excluding hydrogens is 444 g/mol. The van der Waals surface area contributed by atoms with E-state index in [2.05, 4.69) is 22.1 Å². The summed E-state index contributed by atoms with van der Waals surface area (Å²) in [5.74, 6) is 0.835. The highest BCUT2D eigenvalue weighted by Crippen LogP contribution is 2.30. The van der Waals surface area contributed by atoms with E-state index in [1.54, 1.807) is 18.4 Å². The van der Waals surface area contributed by atoms with Gasteiger partial charge in [0.15, 0.2) is 0 Å². The average Bonchev–Trinajstić information content (AvgIpc) is 3.04. The van der Waals surface area contributed by atoms with Crippen LogP contribution in [-0.4, -0.2) is 49.4 Å². The van der Waals surface area contributed by atoms with E-state index in [1.165, 1.54) is 0 Å². The molecule has 1 N–H and O–H groups in total. The van der Waals surface area contributed by atoms with Crippen molar-refractivity contribution in [3.63, 3.8) is 0 Å². The lowest BCUT2D eigenvalue weighted by atomic mass is 10.2. The topological polar surface area (TPSA) is 142 Å². The highest BCUT2D eigenvalue weighted by Gasteiger charge is 2.16. The largest absolute Gasteiger partial charge is 0.759 e. The van der Waals surface area contributed by atoms with Crippen molar-refractivity contribution in [1.82, 2.24) is 0 Å². The maximum atomic E-state index is 9.13. The number of anilines is 1. The van der Waals surface area contributed by atoms with E-state index in [9.17, 15) is 0 Å². The van der Waals surface area contributed by atoms with Gasteiger partial charge in [0.2, 0.25) is 0 Å². The van der Waals surface area contributed by atoms with E-state index in [0.29, 0.717) is 6.54 Å². The monoisotopic (exact) mass is 467 g/mol. The van der Waals surface area contributed by atoms with Crippen molar-refractivity contribution < 1.29 is 31.9 Å². The molecule has 1 aromatic heterocycles. The molecule has 2 aromatic carbocycles. The summed E-state index contributed by atoms with van der Waals surface area (Å²) in [7, 11) is -1.52. The second kappa shape index (κ2) is 11.1. The fraction of sp³-hybridized carbons (Fsp3) is 0.316. The summed E-state index contributed by atoms with van der Waals surface area (Å²) in [5.41, 5.74) is 2.96. The van der Waals surface area contributed by atoms with E-state index in [-0.39, 0.29) is 6.61 Å². The molecule has 0 radical (unpaired) electrons. The zero-order valence-electron chi connectivity index (χ0n) is 17.3. The Labute approximate surface area is 184 Å². The third-order valence-electron chi connectivity index (χ3n) is 4.23. The first-order chi connectivity index (χ1) is 14.7. The van der Waals surface area contributed by atoms with Crippen molar-refractivity contribution in [2.45, 2.75) is 6.92 Å². The van der Waals surface area contributed by atoms with Crippen LogP contribution in [0.25, 0.3) is 10.2 Å². The number of likely N-dealkylation sites (N-methyl/N-ethyl adjacent to an activating group) is 1. The number of rotatable bonds is 7. The first-order valence-corrected chi connectivity index (χ1v) is 11.3. The molecule has 0 aliphatic carbocycles. The first kappa shape index (κ1) is 24.6. The van der Waals surface area contributed by atoms with Crippen LogP contribution in [0, 0.1) is 0 Å². The van der Waals surface area contributed by atoms with E-state index in [1.807, 2.05) is 54.1 Å². The Hall–Kier alpha value is -2.64. The molecule has 0 amide bonds. The minimum atomic E-state index is -5.17. The Morgan fingerprint density at radius 3 is 2.35 bits per heavy atom. The van der Waals surface area contributed by atoms with Crippen LogP contribution in [0.5, 0.6) is 5.75 Å². The van der Waals surface area contributed by atoms with Gasteiger partial charge in [0.25, 0.3) is 0 Å². The van der Waals surface area contributed by atoms with Gasteiger partial charge < -0.3 is 23.8 Å². The van der Waals surface area contributed by atoms with Crippen LogP contribution < -0.4 is 14.2 Å². The third kappa shape index (κ3) is 7.52. The van der Waals surface area contributed by atoms with Gasteiger partial charge >= 0.3 is 5.13 Å². The second-order valence-corrected chi connectivity index (χ2v) is 8.03. The van der Waals surface area contributed by atoms with Crippen molar-refractivity contribution in [2.75, 3.05) is 31.7 Å². The number of thiazole rings is 1. The lowest BCUT2D eigenvalue weighted by Gasteiger charge is -2.21. The van der Waals surface area contributed by atoms with Crippen molar-refractivity contribution in [2.24, 2.45) is 17.3 Å². The van der Waals surface area contributed by atoms with Gasteiger partial charge in [-0.3, -0.25) is 8.42 Å². The summed E-state index contributed by atoms with van der Waals surface area (Å²) in [6.07, 6.45) is 0. The highest BCUT2D eigenvalue weighted by molar-refractivity contribution is 7.79. The number of ether oxygens (including phenoxy) is 1. The molecule has 0 aliphatic rings. The van der Waals surface area contributed by atoms with Gasteiger partial charge in [0.1, 0.15) is 17.0 Å². The fourth-order valence-electron chi connectivity index (χ4n) is 2.76. The Bertz CT molecular complexity index is 1120. The normalized spacial score (nSPS) is 11.4. The van der Waals surface area contributed by atoms with Crippen LogP contribution in [-0.2, 0) is 17.4 Å². The zero-order valence-corrected chi connectivity index (χ0v) is 18.9. The number of hydrogen-bond acceptors (Lipinski definition) is 10. The number of aliphatic hydroxyl groups is 1. The molecule has 10 nitrogen and oxygen atoms in total. The number of methoxy groups -OCH3 is 1. The Morgan fingerprint density at radius 1 is 1.16 bits per heavy atom. The molecule has 0 spiro atoms. The molecule has 3 aromatic rings. The Balaban J connectivity index is 0.000000614. The van der Waals surface area contributed by atoms with Crippen LogP contribution in [0.3, 0.4) is 0 Å². The summed E-state index contributed by atoms with van der Waals surface area (Å²) in [4.78, 5) is 2.11. The van der Waals surface area contributed by atoms with E-state index >= 15 is 0 Å². The van der Waals surface area contributed by atoms with Gasteiger partial charge in [-0.05, 0) is 59.8 Å². The Morgan fingerprint density at radius 2 is 1.81 bits per heavy atom. The number of aromatic nitrogens is 1. The summed E-state index contributed by atoms with van der Waals surface area (Å²) in [6.45, 7) is 3.68. The maximum Gasteiger partial charge on any atom is 0.409 e. The van der Waals surface area contributed by atoms with E-state index < -0.39 is 10.4 Å². The number of nitrogens with zero attached hydrogens (tertiary/aromatic N) is 4. The van der Waals surface area contributed by atoms with Gasteiger partial charge in [0, 0.05) is 35.2 Å². The van der Waals surface area contributed by atoms with Gasteiger partial charge in [0.05, 0.1) is 30.6 Å². The van der Waals surface area contributed by atoms with Gasteiger partial charge in [-0.15, -0.1) is 0 Å². The lowest BCUT2D eigenvalue weighted by Crippen LogP contribution is -2.25. The second-order valence-electron chi connectivity index (χ2n) is 6.21. The van der Waals surface area contributed by atoms with Gasteiger partial charge in [-0.1, -0.05) is 0 Å². The predicted octanol–water partition coefficient (Wildman–Crippen LogP) is 2.63. The Kier molecular flexibility index (Phi) is 8.83. The molecular formula is C19H23N4O6S2-. The van der Waals surface area contributed by atoms with E-state index in [4.69, 9.17) is 27.4 Å². The van der Waals surface area contributed by atoms with Crippen molar-refractivity contribution >= 4 is 48.5 Å². The van der Waals surface area contributed by atoms with Gasteiger partial charge in [-0.25, -0.2) is 4.57 Å². The number of fused-ring (bicyclic) bond motifs is 1. The predicted molar refractivity (Wildman–Crippen MR) is 116 cm³/mol. The van der Waals surface area contributed by atoms with Gasteiger partial charge in [-0.2, -0.15) is 0 Å². The number of hydrogen-bond donors (Lipinski definition) is 1. The quantitative estimate of drug-likeness (QED) is 0.244. The molecule has 0 saturated heterocycles. The molecule has 0 saturated carbocycles. The fourth-order valence-corrected chi connectivity index (χ4v) is 3.76.